The predicted octanol–water partition coefficient (Wildman–Crippen LogP) is 2.84. The Bertz CT molecular complexity index is 484. The van der Waals surface area contributed by atoms with E-state index in [1.807, 2.05) is 0 Å². The molecule has 110 valence electrons. The van der Waals surface area contributed by atoms with Crippen LogP contribution in [0, 0.1) is 11.7 Å². The van der Waals surface area contributed by atoms with Crippen LogP contribution in [0.15, 0.2) is 12.3 Å². The zero-order valence-electron chi connectivity index (χ0n) is 12.1. The van der Waals surface area contributed by atoms with Gasteiger partial charge in [0.25, 0.3) is 5.91 Å². The average Bonchev–Trinajstić information content (AvgIpc) is 2.48. The zero-order chi connectivity index (χ0) is 14.7. The van der Waals surface area contributed by atoms with Gasteiger partial charge in [0.2, 0.25) is 0 Å². The Hall–Kier alpha value is -1.65. The van der Waals surface area contributed by atoms with Crippen LogP contribution in [0.1, 0.15) is 49.4 Å². The maximum Gasteiger partial charge on any atom is 0.257 e. The fraction of sp³-hybridized carbons (Fsp3) is 0.600. The molecule has 0 unspecified atom stereocenters. The van der Waals surface area contributed by atoms with Crippen LogP contribution in [0.25, 0.3) is 0 Å². The topological polar surface area (TPSA) is 59.2 Å². The number of nitrogens with zero attached hydrogens (tertiary/aromatic N) is 2. The molecule has 1 aliphatic rings. The maximum absolute atomic E-state index is 13.2. The van der Waals surface area contributed by atoms with Crippen molar-refractivity contribution in [1.29, 1.82) is 0 Å². The fourth-order valence-corrected chi connectivity index (χ4v) is 2.92. The molecule has 0 aromatic carbocycles. The first-order valence-corrected chi connectivity index (χ1v) is 7.21. The van der Waals surface area contributed by atoms with Crippen molar-refractivity contribution in [2.45, 2.75) is 45.1 Å². The Morgan fingerprint density at radius 3 is 2.70 bits per heavy atom. The first kappa shape index (κ1) is 14.8. The Morgan fingerprint density at radius 1 is 1.45 bits per heavy atom. The van der Waals surface area contributed by atoms with Crippen molar-refractivity contribution in [3.8, 4) is 0 Å². The van der Waals surface area contributed by atoms with Crippen LogP contribution in [0.3, 0.4) is 0 Å². The predicted molar refractivity (Wildman–Crippen MR) is 76.7 cm³/mol. The summed E-state index contributed by atoms with van der Waals surface area (Å²) in [6, 6.07) is 1.38. The minimum atomic E-state index is -0.536. The average molecular weight is 279 g/mol. The highest BCUT2D eigenvalue weighted by atomic mass is 19.1. The van der Waals surface area contributed by atoms with Gasteiger partial charge in [-0.1, -0.05) is 13.3 Å². The van der Waals surface area contributed by atoms with Crippen LogP contribution < -0.4 is 5.73 Å². The van der Waals surface area contributed by atoms with E-state index in [1.165, 1.54) is 12.5 Å². The fourth-order valence-electron chi connectivity index (χ4n) is 2.92. The summed E-state index contributed by atoms with van der Waals surface area (Å²) in [6.45, 7) is 2.21. The van der Waals surface area contributed by atoms with Crippen molar-refractivity contribution in [2.75, 3.05) is 12.8 Å². The number of amides is 1. The number of rotatable bonds is 3. The summed E-state index contributed by atoms with van der Waals surface area (Å²) in [6.07, 6.45) is 6.53. The smallest absolute Gasteiger partial charge is 0.257 e. The van der Waals surface area contributed by atoms with Crippen LogP contribution in [0.2, 0.25) is 0 Å². The molecule has 4 nitrogen and oxygen atoms in total. The highest BCUT2D eigenvalue weighted by Gasteiger charge is 2.27. The molecule has 1 amide bonds. The number of carbonyl (C=O) groups excluding carboxylic acids is 1. The number of nitrogens with two attached hydrogens (primary N) is 1. The van der Waals surface area contributed by atoms with Gasteiger partial charge in [0.15, 0.2) is 0 Å². The van der Waals surface area contributed by atoms with E-state index in [4.69, 9.17) is 5.73 Å². The summed E-state index contributed by atoms with van der Waals surface area (Å²) in [5.41, 5.74) is 5.83. The lowest BCUT2D eigenvalue weighted by Crippen LogP contribution is -2.39. The molecule has 5 heteroatoms. The third-order valence-corrected chi connectivity index (χ3v) is 4.38. The number of hydrogen-bond acceptors (Lipinski definition) is 3. The summed E-state index contributed by atoms with van der Waals surface area (Å²) in [5.74, 6) is 0.0845. The van der Waals surface area contributed by atoms with Crippen LogP contribution in [0.5, 0.6) is 0 Å². The molecule has 1 fully saturated rings. The van der Waals surface area contributed by atoms with E-state index in [1.54, 1.807) is 11.9 Å². The normalized spacial score (nSPS) is 22.6. The van der Waals surface area contributed by atoms with Crippen molar-refractivity contribution >= 4 is 11.7 Å². The second-order valence-corrected chi connectivity index (χ2v) is 5.59. The summed E-state index contributed by atoms with van der Waals surface area (Å²) < 4.78 is 13.2. The van der Waals surface area contributed by atoms with Crippen molar-refractivity contribution < 1.29 is 9.18 Å². The SMILES string of the molecule is CCC1CCC(N(C)C(=O)c2cc(F)cnc2N)CC1. The molecule has 1 saturated carbocycles. The van der Waals surface area contributed by atoms with E-state index in [0.29, 0.717) is 0 Å². The summed E-state index contributed by atoms with van der Waals surface area (Å²) in [4.78, 5) is 17.8. The number of anilines is 1. The third kappa shape index (κ3) is 3.08. The minimum absolute atomic E-state index is 0.0884. The Kier molecular flexibility index (Phi) is 4.57. The van der Waals surface area contributed by atoms with E-state index in [-0.39, 0.29) is 23.3 Å². The molecule has 0 atom stereocenters. The molecule has 1 aromatic heterocycles. The monoisotopic (exact) mass is 279 g/mol. The second kappa shape index (κ2) is 6.20. The van der Waals surface area contributed by atoms with Gasteiger partial charge in [-0.15, -0.1) is 0 Å². The Balaban J connectivity index is 2.07. The first-order valence-electron chi connectivity index (χ1n) is 7.21. The van der Waals surface area contributed by atoms with Gasteiger partial charge >= 0.3 is 0 Å². The molecule has 2 N–H and O–H groups in total. The van der Waals surface area contributed by atoms with Crippen molar-refractivity contribution in [3.63, 3.8) is 0 Å². The standard InChI is InChI=1S/C15H22FN3O/c1-3-10-4-6-12(7-5-10)19(2)15(20)13-8-11(16)9-18-14(13)17/h8-10,12H,3-7H2,1-2H3,(H2,17,18). The highest BCUT2D eigenvalue weighted by Crippen LogP contribution is 2.29. The van der Waals surface area contributed by atoms with Gasteiger partial charge in [-0.2, -0.15) is 0 Å². The van der Waals surface area contributed by atoms with E-state index in [9.17, 15) is 9.18 Å². The molecule has 1 aliphatic carbocycles. The quantitative estimate of drug-likeness (QED) is 0.925. The minimum Gasteiger partial charge on any atom is -0.383 e. The molecule has 20 heavy (non-hydrogen) atoms. The van der Waals surface area contributed by atoms with Gasteiger partial charge in [0.1, 0.15) is 11.6 Å². The van der Waals surface area contributed by atoms with Crippen LogP contribution in [0.4, 0.5) is 10.2 Å². The maximum atomic E-state index is 13.2. The lowest BCUT2D eigenvalue weighted by molar-refractivity contribution is 0.0675. The molecule has 0 saturated heterocycles. The number of aromatic nitrogens is 1. The lowest BCUT2D eigenvalue weighted by atomic mass is 9.84. The molecule has 1 heterocycles. The van der Waals surface area contributed by atoms with Crippen LogP contribution >= 0.6 is 0 Å². The summed E-state index contributed by atoms with van der Waals surface area (Å²) in [7, 11) is 1.77. The molecule has 0 spiro atoms. The molecule has 1 aromatic rings. The zero-order valence-corrected chi connectivity index (χ0v) is 12.1. The molecule has 0 radical (unpaired) electrons. The number of carbonyl (C=O) groups is 1. The van der Waals surface area contributed by atoms with Crippen LogP contribution in [-0.2, 0) is 0 Å². The number of hydrogen-bond donors (Lipinski definition) is 1. The van der Waals surface area contributed by atoms with E-state index in [0.717, 1.165) is 37.8 Å². The molecule has 2 rings (SSSR count). The number of halogens is 1. The van der Waals surface area contributed by atoms with Gasteiger partial charge < -0.3 is 10.6 Å². The number of nitrogen functional groups attached to an aromatic ring is 1. The molecule has 0 aliphatic heterocycles. The van der Waals surface area contributed by atoms with Crippen molar-refractivity contribution in [1.82, 2.24) is 9.88 Å². The Labute approximate surface area is 119 Å². The third-order valence-electron chi connectivity index (χ3n) is 4.38. The lowest BCUT2D eigenvalue weighted by Gasteiger charge is -2.34. The van der Waals surface area contributed by atoms with Gasteiger partial charge in [0.05, 0.1) is 11.8 Å². The summed E-state index contributed by atoms with van der Waals surface area (Å²) >= 11 is 0. The molecular weight excluding hydrogens is 257 g/mol. The second-order valence-electron chi connectivity index (χ2n) is 5.59. The van der Waals surface area contributed by atoms with Gasteiger partial charge in [-0.25, -0.2) is 9.37 Å². The summed E-state index contributed by atoms with van der Waals surface area (Å²) in [5, 5.41) is 0. The number of pyridine rings is 1. The first-order chi connectivity index (χ1) is 9.52. The van der Waals surface area contributed by atoms with E-state index in [2.05, 4.69) is 11.9 Å². The van der Waals surface area contributed by atoms with E-state index < -0.39 is 5.82 Å². The van der Waals surface area contributed by atoms with Crippen molar-refractivity contribution in [3.05, 3.63) is 23.6 Å². The van der Waals surface area contributed by atoms with Crippen molar-refractivity contribution in [2.24, 2.45) is 5.92 Å². The van der Waals surface area contributed by atoms with E-state index >= 15 is 0 Å². The Morgan fingerprint density at radius 2 is 2.10 bits per heavy atom. The van der Waals surface area contributed by atoms with Gasteiger partial charge in [-0.3, -0.25) is 4.79 Å². The molecule has 0 bridgehead atoms. The molecular formula is C15H22FN3O. The van der Waals surface area contributed by atoms with Gasteiger partial charge in [0, 0.05) is 13.1 Å². The largest absolute Gasteiger partial charge is 0.383 e. The van der Waals surface area contributed by atoms with Gasteiger partial charge in [-0.05, 0) is 37.7 Å². The van der Waals surface area contributed by atoms with Crippen LogP contribution in [-0.4, -0.2) is 28.9 Å². The highest BCUT2D eigenvalue weighted by molar-refractivity contribution is 5.98.